The number of aromatic hydroxyl groups is 1. The minimum atomic E-state index is -0.514. The van der Waals surface area contributed by atoms with Crippen molar-refractivity contribution < 1.29 is 14.3 Å². The summed E-state index contributed by atoms with van der Waals surface area (Å²) in [6, 6.07) is 5.78. The molecule has 2 N–H and O–H groups in total. The third-order valence-electron chi connectivity index (χ3n) is 4.14. The van der Waals surface area contributed by atoms with E-state index >= 15 is 0 Å². The molecule has 25 heavy (non-hydrogen) atoms. The maximum absolute atomic E-state index is 12.9. The number of halogens is 1. The maximum Gasteiger partial charge on any atom is 0.296 e. The van der Waals surface area contributed by atoms with Crippen molar-refractivity contribution in [3.05, 3.63) is 57.5 Å². The molecule has 0 bridgehead atoms. The average Bonchev–Trinajstić information content (AvgIpc) is 2.59. The Labute approximate surface area is 143 Å². The monoisotopic (exact) mass is 346 g/mol. The van der Waals surface area contributed by atoms with Gasteiger partial charge in [0, 0.05) is 19.6 Å². The highest BCUT2D eigenvalue weighted by molar-refractivity contribution is 5.78. The van der Waals surface area contributed by atoms with Gasteiger partial charge in [-0.25, -0.2) is 9.37 Å². The van der Waals surface area contributed by atoms with Gasteiger partial charge in [0.2, 0.25) is 11.7 Å². The molecule has 1 amide bonds. The third kappa shape index (κ3) is 3.85. The number of benzene rings is 1. The number of nitrogens with zero attached hydrogens (tertiary/aromatic N) is 3. The van der Waals surface area contributed by atoms with Gasteiger partial charge in [-0.2, -0.15) is 0 Å². The lowest BCUT2D eigenvalue weighted by atomic mass is 10.2. The zero-order chi connectivity index (χ0) is 18.0. The summed E-state index contributed by atoms with van der Waals surface area (Å²) in [5, 5.41) is 12.7. The van der Waals surface area contributed by atoms with E-state index in [4.69, 9.17) is 0 Å². The molecule has 1 aliphatic rings. The Balaban J connectivity index is 1.70. The Hall–Kier alpha value is -2.74. The van der Waals surface area contributed by atoms with E-state index in [-0.39, 0.29) is 30.4 Å². The maximum atomic E-state index is 12.9. The van der Waals surface area contributed by atoms with E-state index in [1.165, 1.54) is 16.7 Å². The summed E-state index contributed by atoms with van der Waals surface area (Å²) < 4.78 is 14.3. The van der Waals surface area contributed by atoms with E-state index in [1.807, 2.05) is 11.9 Å². The second kappa shape index (κ2) is 7.02. The first kappa shape index (κ1) is 17.1. The van der Waals surface area contributed by atoms with E-state index in [2.05, 4.69) is 10.3 Å². The Morgan fingerprint density at radius 1 is 1.32 bits per heavy atom. The first-order valence-corrected chi connectivity index (χ1v) is 7.95. The fourth-order valence-corrected chi connectivity index (χ4v) is 2.72. The molecular formula is C17H19FN4O3. The summed E-state index contributed by atoms with van der Waals surface area (Å²) in [4.78, 5) is 30.6. The third-order valence-corrected chi connectivity index (χ3v) is 4.14. The highest BCUT2D eigenvalue weighted by atomic mass is 19.1. The van der Waals surface area contributed by atoms with Crippen molar-refractivity contribution in [3.8, 4) is 5.75 Å². The van der Waals surface area contributed by atoms with Gasteiger partial charge in [-0.3, -0.25) is 19.1 Å². The molecule has 1 aromatic carbocycles. The molecular weight excluding hydrogens is 327 g/mol. The van der Waals surface area contributed by atoms with Gasteiger partial charge < -0.3 is 10.4 Å². The number of likely N-dealkylation sites (N-methyl/N-ethyl adjacent to an activating group) is 1. The fraction of sp³-hybridized carbons (Fsp3) is 0.353. The van der Waals surface area contributed by atoms with Gasteiger partial charge in [0.25, 0.3) is 5.56 Å². The predicted molar refractivity (Wildman–Crippen MR) is 88.4 cm³/mol. The number of carbonyl (C=O) groups is 1. The van der Waals surface area contributed by atoms with Crippen molar-refractivity contribution >= 4 is 5.91 Å². The molecule has 1 aromatic heterocycles. The molecule has 0 spiro atoms. The van der Waals surface area contributed by atoms with Gasteiger partial charge in [-0.1, -0.05) is 12.1 Å². The van der Waals surface area contributed by atoms with Crippen molar-refractivity contribution in [1.29, 1.82) is 0 Å². The number of rotatable bonds is 4. The summed E-state index contributed by atoms with van der Waals surface area (Å²) in [6.45, 7) is 1.88. The number of nitrogens with one attached hydrogen (secondary N) is 1. The lowest BCUT2D eigenvalue weighted by Crippen LogP contribution is -2.39. The molecule has 2 aromatic rings. The molecule has 3 rings (SSSR count). The van der Waals surface area contributed by atoms with Crippen LogP contribution >= 0.6 is 0 Å². The number of amides is 1. The standard InChI is InChI=1S/C17H19FN4O3/c1-21-6-7-22-14(10-21)20-13(16(24)17(22)25)8-15(23)19-9-11-2-4-12(18)5-3-11/h2-5,24H,6-10H2,1H3,(H,19,23). The molecule has 0 saturated heterocycles. The second-order valence-electron chi connectivity index (χ2n) is 6.10. The summed E-state index contributed by atoms with van der Waals surface area (Å²) in [5.41, 5.74) is 0.307. The number of carbonyl (C=O) groups excluding carboxylic acids is 1. The van der Waals surface area contributed by atoms with Gasteiger partial charge in [-0.15, -0.1) is 0 Å². The number of hydrogen-bond acceptors (Lipinski definition) is 5. The fourth-order valence-electron chi connectivity index (χ4n) is 2.72. The molecule has 132 valence electrons. The van der Waals surface area contributed by atoms with Crippen LogP contribution in [0.4, 0.5) is 4.39 Å². The Morgan fingerprint density at radius 2 is 2.04 bits per heavy atom. The zero-order valence-electron chi connectivity index (χ0n) is 13.8. The average molecular weight is 346 g/mol. The quantitative estimate of drug-likeness (QED) is 0.836. The molecule has 1 aliphatic heterocycles. The van der Waals surface area contributed by atoms with Crippen LogP contribution in [-0.2, 0) is 30.8 Å². The van der Waals surface area contributed by atoms with Gasteiger partial charge in [0.15, 0.2) is 0 Å². The molecule has 0 unspecified atom stereocenters. The first-order valence-electron chi connectivity index (χ1n) is 7.95. The Kier molecular flexibility index (Phi) is 4.80. The Bertz CT molecular complexity index is 848. The normalized spacial score (nSPS) is 14.2. The molecule has 8 heteroatoms. The zero-order valence-corrected chi connectivity index (χ0v) is 13.8. The van der Waals surface area contributed by atoms with Gasteiger partial charge in [0.05, 0.1) is 18.7 Å². The highest BCUT2D eigenvalue weighted by Gasteiger charge is 2.21. The highest BCUT2D eigenvalue weighted by Crippen LogP contribution is 2.14. The van der Waals surface area contributed by atoms with Crippen LogP contribution in [0, 0.1) is 5.82 Å². The van der Waals surface area contributed by atoms with E-state index in [0.717, 1.165) is 5.56 Å². The topological polar surface area (TPSA) is 87.5 Å². The van der Waals surface area contributed by atoms with Gasteiger partial charge in [0.1, 0.15) is 11.6 Å². The number of hydrogen-bond donors (Lipinski definition) is 2. The second-order valence-corrected chi connectivity index (χ2v) is 6.10. The van der Waals surface area contributed by atoms with Crippen molar-refractivity contribution in [2.75, 3.05) is 13.6 Å². The summed E-state index contributed by atoms with van der Waals surface area (Å²) >= 11 is 0. The van der Waals surface area contributed by atoms with Crippen LogP contribution in [0.25, 0.3) is 0 Å². The molecule has 7 nitrogen and oxygen atoms in total. The van der Waals surface area contributed by atoms with Gasteiger partial charge >= 0.3 is 0 Å². The molecule has 2 heterocycles. The minimum Gasteiger partial charge on any atom is -0.502 e. The Morgan fingerprint density at radius 3 is 2.76 bits per heavy atom. The summed E-state index contributed by atoms with van der Waals surface area (Å²) in [7, 11) is 1.91. The van der Waals surface area contributed by atoms with Crippen molar-refractivity contribution in [2.45, 2.75) is 26.1 Å². The van der Waals surface area contributed by atoms with Crippen LogP contribution in [0.3, 0.4) is 0 Å². The summed E-state index contributed by atoms with van der Waals surface area (Å²) in [6.07, 6.45) is -0.195. The smallest absolute Gasteiger partial charge is 0.296 e. The van der Waals surface area contributed by atoms with Crippen LogP contribution in [0.1, 0.15) is 17.1 Å². The minimum absolute atomic E-state index is 0.0724. The lowest BCUT2D eigenvalue weighted by Gasteiger charge is -2.26. The van der Waals surface area contributed by atoms with E-state index in [9.17, 15) is 19.1 Å². The molecule has 0 atom stereocenters. The van der Waals surface area contributed by atoms with Crippen LogP contribution in [0.5, 0.6) is 5.75 Å². The van der Waals surface area contributed by atoms with E-state index in [0.29, 0.717) is 25.5 Å². The molecule has 0 saturated carbocycles. The van der Waals surface area contributed by atoms with Crippen molar-refractivity contribution in [2.24, 2.45) is 0 Å². The largest absolute Gasteiger partial charge is 0.502 e. The first-order chi connectivity index (χ1) is 11.9. The molecule has 0 fully saturated rings. The van der Waals surface area contributed by atoms with Gasteiger partial charge in [-0.05, 0) is 24.7 Å². The van der Waals surface area contributed by atoms with E-state index in [1.54, 1.807) is 12.1 Å². The lowest BCUT2D eigenvalue weighted by molar-refractivity contribution is -0.120. The van der Waals surface area contributed by atoms with Crippen LogP contribution in [0.15, 0.2) is 29.1 Å². The molecule has 0 radical (unpaired) electrons. The summed E-state index contributed by atoms with van der Waals surface area (Å²) in [5.74, 6) is -0.660. The van der Waals surface area contributed by atoms with Crippen LogP contribution in [0.2, 0.25) is 0 Å². The van der Waals surface area contributed by atoms with Crippen molar-refractivity contribution in [3.63, 3.8) is 0 Å². The molecule has 0 aliphatic carbocycles. The number of aromatic nitrogens is 2. The van der Waals surface area contributed by atoms with E-state index < -0.39 is 11.3 Å². The van der Waals surface area contributed by atoms with Crippen LogP contribution in [-0.4, -0.2) is 39.1 Å². The SMILES string of the molecule is CN1CCn2c(nc(CC(=O)NCc3ccc(F)cc3)c(O)c2=O)C1. The predicted octanol–water partition coefficient (Wildman–Crippen LogP) is 0.392. The number of fused-ring (bicyclic) bond motifs is 1. The van der Waals surface area contributed by atoms with Crippen molar-refractivity contribution in [1.82, 2.24) is 19.8 Å². The van der Waals surface area contributed by atoms with Crippen LogP contribution < -0.4 is 10.9 Å².